The second-order valence-corrected chi connectivity index (χ2v) is 8.14. The van der Waals surface area contributed by atoms with Crippen LogP contribution in [0.15, 0.2) is 36.5 Å². The van der Waals surface area contributed by atoms with E-state index in [1.165, 1.54) is 12.3 Å². The van der Waals surface area contributed by atoms with Crippen LogP contribution in [0.25, 0.3) is 12.2 Å². The van der Waals surface area contributed by atoms with Crippen molar-refractivity contribution in [2.75, 3.05) is 24.8 Å². The van der Waals surface area contributed by atoms with Gasteiger partial charge in [0.05, 0.1) is 29.4 Å². The molecule has 8 nitrogen and oxygen atoms in total. The van der Waals surface area contributed by atoms with Crippen molar-refractivity contribution in [1.29, 1.82) is 0 Å². The van der Waals surface area contributed by atoms with E-state index in [1.54, 1.807) is 32.0 Å². The van der Waals surface area contributed by atoms with Crippen molar-refractivity contribution < 1.29 is 31.7 Å². The lowest BCUT2D eigenvalue weighted by molar-refractivity contribution is -0.384. The molecule has 1 aromatic heterocycles. The van der Waals surface area contributed by atoms with Crippen LogP contribution in [0.1, 0.15) is 30.7 Å². The smallest absolute Gasteiger partial charge is 0.368 e. The molecule has 1 aromatic carbocycles. The van der Waals surface area contributed by atoms with E-state index in [0.29, 0.717) is 11.8 Å². The van der Waals surface area contributed by atoms with Crippen molar-refractivity contribution in [3.8, 4) is 0 Å². The van der Waals surface area contributed by atoms with Gasteiger partial charge >= 0.3 is 13.8 Å². The van der Waals surface area contributed by atoms with E-state index in [2.05, 4.69) is 10.3 Å². The second kappa shape index (κ2) is 10.5. The molecule has 1 N–H and O–H groups in total. The number of nitro groups is 1. The third-order valence-electron chi connectivity index (χ3n) is 3.91. The Labute approximate surface area is 176 Å². The molecule has 0 amide bonds. The van der Waals surface area contributed by atoms with E-state index in [4.69, 9.17) is 9.05 Å². The number of anilines is 1. The van der Waals surface area contributed by atoms with Gasteiger partial charge in [-0.25, -0.2) is 0 Å². The minimum atomic E-state index is -4.83. The number of halogens is 3. The van der Waals surface area contributed by atoms with Gasteiger partial charge in [0.15, 0.2) is 0 Å². The van der Waals surface area contributed by atoms with Crippen molar-refractivity contribution in [2.24, 2.45) is 0 Å². The van der Waals surface area contributed by atoms with E-state index < -0.39 is 36.2 Å². The zero-order valence-corrected chi connectivity index (χ0v) is 17.7. The SMILES string of the molecule is CCOP(=O)(CNc1cc(C=Cc2ccccn2)c(C(F)(F)F)cc1[N+](=O)[O-])OCC. The number of nitrogens with one attached hydrogen (secondary N) is 1. The van der Waals surface area contributed by atoms with Crippen LogP contribution in [-0.4, -0.2) is 29.4 Å². The fourth-order valence-electron chi connectivity index (χ4n) is 2.63. The van der Waals surface area contributed by atoms with Gasteiger partial charge in [0.2, 0.25) is 0 Å². The predicted molar refractivity (Wildman–Crippen MR) is 111 cm³/mol. The molecule has 2 rings (SSSR count). The highest BCUT2D eigenvalue weighted by molar-refractivity contribution is 7.53. The maximum atomic E-state index is 13.5. The van der Waals surface area contributed by atoms with Crippen LogP contribution in [-0.2, 0) is 19.8 Å². The lowest BCUT2D eigenvalue weighted by Gasteiger charge is -2.19. The van der Waals surface area contributed by atoms with E-state index in [-0.39, 0.29) is 24.5 Å². The molecule has 0 radical (unpaired) electrons. The highest BCUT2D eigenvalue weighted by atomic mass is 31.2. The second-order valence-electron chi connectivity index (χ2n) is 6.08. The molecule has 0 bridgehead atoms. The Morgan fingerprint density at radius 2 is 1.87 bits per heavy atom. The molecule has 0 spiro atoms. The molecule has 0 fully saturated rings. The Morgan fingerprint density at radius 1 is 1.19 bits per heavy atom. The van der Waals surface area contributed by atoms with Crippen LogP contribution in [0.5, 0.6) is 0 Å². The van der Waals surface area contributed by atoms with Crippen molar-refractivity contribution in [1.82, 2.24) is 4.98 Å². The highest BCUT2D eigenvalue weighted by Gasteiger charge is 2.36. The molecule has 0 atom stereocenters. The molecule has 1 heterocycles. The maximum Gasteiger partial charge on any atom is 0.417 e. The molecule has 0 unspecified atom stereocenters. The summed E-state index contributed by atoms with van der Waals surface area (Å²) in [6.07, 6.45) is -1.30. The first-order valence-electron chi connectivity index (χ1n) is 9.20. The van der Waals surface area contributed by atoms with Gasteiger partial charge in [-0.1, -0.05) is 12.1 Å². The third-order valence-corrected chi connectivity index (χ3v) is 5.75. The van der Waals surface area contributed by atoms with Gasteiger partial charge in [0.1, 0.15) is 12.0 Å². The van der Waals surface area contributed by atoms with Crippen LogP contribution < -0.4 is 5.32 Å². The summed E-state index contributed by atoms with van der Waals surface area (Å²) in [5.74, 6) is 0. The Kier molecular flexibility index (Phi) is 8.32. The van der Waals surface area contributed by atoms with Crippen LogP contribution >= 0.6 is 7.60 Å². The minimum Gasteiger partial charge on any atom is -0.368 e. The monoisotopic (exact) mass is 459 g/mol. The Balaban J connectivity index is 2.50. The maximum absolute atomic E-state index is 13.5. The number of nitrogens with zero attached hydrogens (tertiary/aromatic N) is 2. The molecule has 0 saturated carbocycles. The van der Waals surface area contributed by atoms with Crippen molar-refractivity contribution in [3.05, 3.63) is 63.5 Å². The number of alkyl halides is 3. The van der Waals surface area contributed by atoms with Crippen LogP contribution in [0.4, 0.5) is 24.5 Å². The molecule has 0 aliphatic rings. The summed E-state index contributed by atoms with van der Waals surface area (Å²) in [7, 11) is -3.64. The number of hydrogen-bond acceptors (Lipinski definition) is 7. The summed E-state index contributed by atoms with van der Waals surface area (Å²) in [4.78, 5) is 14.5. The zero-order valence-electron chi connectivity index (χ0n) is 16.8. The molecule has 0 aliphatic carbocycles. The molecule has 0 saturated heterocycles. The highest BCUT2D eigenvalue weighted by Crippen LogP contribution is 2.48. The Morgan fingerprint density at radius 3 is 2.39 bits per heavy atom. The quantitative estimate of drug-likeness (QED) is 0.271. The fourth-order valence-corrected chi connectivity index (χ4v) is 4.04. The first-order valence-corrected chi connectivity index (χ1v) is 10.9. The van der Waals surface area contributed by atoms with Gasteiger partial charge in [-0.05, 0) is 43.7 Å². The summed E-state index contributed by atoms with van der Waals surface area (Å²) in [5, 5.41) is 14.0. The van der Waals surface area contributed by atoms with Crippen molar-refractivity contribution >= 4 is 31.1 Å². The van der Waals surface area contributed by atoms with Gasteiger partial charge in [-0.15, -0.1) is 0 Å². The number of hydrogen-bond donors (Lipinski definition) is 1. The van der Waals surface area contributed by atoms with Gasteiger partial charge < -0.3 is 14.4 Å². The Hall–Kier alpha value is -2.75. The summed E-state index contributed by atoms with van der Waals surface area (Å²) < 4.78 is 63.5. The molecule has 31 heavy (non-hydrogen) atoms. The molecule has 168 valence electrons. The molecular formula is C19H21F3N3O5P. The first-order chi connectivity index (χ1) is 14.6. The summed E-state index contributed by atoms with van der Waals surface area (Å²) in [5.41, 5.74) is -2.18. The average Bonchev–Trinajstić information content (AvgIpc) is 2.70. The molecule has 12 heteroatoms. The normalized spacial score (nSPS) is 12.3. The first kappa shape index (κ1) is 24.5. The summed E-state index contributed by atoms with van der Waals surface area (Å²) in [6.45, 7) is 3.30. The van der Waals surface area contributed by atoms with Crippen LogP contribution in [0.3, 0.4) is 0 Å². The summed E-state index contributed by atoms with van der Waals surface area (Å²) >= 11 is 0. The topological polar surface area (TPSA) is 104 Å². The van der Waals surface area contributed by atoms with Gasteiger partial charge in [0, 0.05) is 12.3 Å². The van der Waals surface area contributed by atoms with E-state index in [9.17, 15) is 27.9 Å². The van der Waals surface area contributed by atoms with Gasteiger partial charge in [0.25, 0.3) is 5.69 Å². The van der Waals surface area contributed by atoms with E-state index >= 15 is 0 Å². The average molecular weight is 459 g/mol. The molecular weight excluding hydrogens is 438 g/mol. The number of pyridine rings is 1. The van der Waals surface area contributed by atoms with E-state index in [1.807, 2.05) is 0 Å². The van der Waals surface area contributed by atoms with Gasteiger partial charge in [-0.2, -0.15) is 13.2 Å². The number of benzene rings is 1. The lowest BCUT2D eigenvalue weighted by atomic mass is 10.0. The van der Waals surface area contributed by atoms with Crippen molar-refractivity contribution in [3.63, 3.8) is 0 Å². The predicted octanol–water partition coefficient (Wildman–Crippen LogP) is 5.81. The zero-order chi connectivity index (χ0) is 23.1. The largest absolute Gasteiger partial charge is 0.417 e. The van der Waals surface area contributed by atoms with E-state index in [0.717, 1.165) is 12.1 Å². The third kappa shape index (κ3) is 6.88. The minimum absolute atomic E-state index is 0.0616. The number of aromatic nitrogens is 1. The number of rotatable bonds is 10. The van der Waals surface area contributed by atoms with Crippen LogP contribution in [0.2, 0.25) is 0 Å². The standard InChI is InChI=1S/C19H21F3N3O5P/c1-3-29-31(28,30-4-2)13-24-17-11-14(8-9-15-7-5-6-10-23-15)16(19(20,21)22)12-18(17)25(26)27/h5-12,24H,3-4,13H2,1-2H3. The summed E-state index contributed by atoms with van der Waals surface area (Å²) in [6, 6.07) is 6.32. The Bertz CT molecular complexity index is 974. The molecule has 2 aromatic rings. The fraction of sp³-hybridized carbons (Fsp3) is 0.316. The van der Waals surface area contributed by atoms with Crippen molar-refractivity contribution in [2.45, 2.75) is 20.0 Å². The molecule has 0 aliphatic heterocycles. The van der Waals surface area contributed by atoms with Crippen LogP contribution in [0, 0.1) is 10.1 Å². The lowest BCUT2D eigenvalue weighted by Crippen LogP contribution is -2.12. The number of nitro benzene ring substituents is 1. The van der Waals surface area contributed by atoms with Gasteiger partial charge in [-0.3, -0.25) is 19.7 Å².